The van der Waals surface area contributed by atoms with Crippen LogP contribution in [0.3, 0.4) is 0 Å². The second kappa shape index (κ2) is 14.2. The first-order valence-electron chi connectivity index (χ1n) is 13.8. The minimum Gasteiger partial charge on any atom is -0.489 e. The Balaban J connectivity index is 1.78. The Kier molecular flexibility index (Phi) is 10.9. The largest absolute Gasteiger partial charge is 0.489 e. The van der Waals surface area contributed by atoms with Gasteiger partial charge in [0.2, 0.25) is 11.8 Å². The van der Waals surface area contributed by atoms with Crippen LogP contribution in [0.1, 0.15) is 68.8 Å². The molecule has 0 radical (unpaired) electrons. The van der Waals surface area contributed by atoms with E-state index < -0.39 is 6.04 Å². The Morgan fingerprint density at radius 3 is 2.29 bits per heavy atom. The van der Waals surface area contributed by atoms with E-state index in [9.17, 15) is 14.4 Å². The van der Waals surface area contributed by atoms with Crippen molar-refractivity contribution in [3.63, 3.8) is 0 Å². The summed E-state index contributed by atoms with van der Waals surface area (Å²) in [6, 6.07) is 12.2. The second-order valence-electron chi connectivity index (χ2n) is 10.6. The van der Waals surface area contributed by atoms with Gasteiger partial charge >= 0.3 is 0 Å². The number of carbonyl (C=O) groups excluding carboxylic acids is 3. The van der Waals surface area contributed by atoms with Crippen LogP contribution in [0.4, 0.5) is 0 Å². The van der Waals surface area contributed by atoms with Crippen molar-refractivity contribution in [3.8, 4) is 17.0 Å². The van der Waals surface area contributed by atoms with E-state index in [4.69, 9.17) is 21.3 Å². The van der Waals surface area contributed by atoms with Crippen molar-refractivity contribution in [1.29, 1.82) is 0 Å². The fraction of sp³-hybridized carbons (Fsp3) is 0.419. The molecular weight excluding hydrogens is 542 g/mol. The number of halogens is 1. The van der Waals surface area contributed by atoms with E-state index in [0.29, 0.717) is 22.8 Å². The quantitative estimate of drug-likeness (QED) is 0.312. The number of ether oxygens (including phenoxy) is 1. The molecule has 0 saturated carbocycles. The fourth-order valence-corrected chi connectivity index (χ4v) is 4.69. The predicted molar refractivity (Wildman–Crippen MR) is 161 cm³/mol. The van der Waals surface area contributed by atoms with E-state index in [1.54, 1.807) is 32.3 Å². The third-order valence-corrected chi connectivity index (χ3v) is 6.79. The van der Waals surface area contributed by atoms with Crippen LogP contribution in [-0.2, 0) is 22.6 Å². The van der Waals surface area contributed by atoms with Crippen molar-refractivity contribution < 1.29 is 19.1 Å². The van der Waals surface area contributed by atoms with Gasteiger partial charge in [0.05, 0.1) is 22.9 Å². The van der Waals surface area contributed by atoms with Crippen LogP contribution in [0.5, 0.6) is 5.75 Å². The van der Waals surface area contributed by atoms with E-state index >= 15 is 0 Å². The number of aryl methyl sites for hydroxylation is 1. The van der Waals surface area contributed by atoms with Gasteiger partial charge in [-0.1, -0.05) is 35.9 Å². The van der Waals surface area contributed by atoms with E-state index in [1.807, 2.05) is 62.7 Å². The van der Waals surface area contributed by atoms with Crippen molar-refractivity contribution in [1.82, 2.24) is 25.1 Å². The van der Waals surface area contributed by atoms with Crippen LogP contribution in [0.2, 0.25) is 5.02 Å². The molecule has 3 aromatic rings. The van der Waals surface area contributed by atoms with Gasteiger partial charge < -0.3 is 24.8 Å². The number of rotatable bonds is 12. The molecule has 3 amide bonds. The van der Waals surface area contributed by atoms with Gasteiger partial charge in [0, 0.05) is 57.4 Å². The molecule has 0 saturated heterocycles. The lowest BCUT2D eigenvalue weighted by Crippen LogP contribution is -2.40. The Bertz CT molecular complexity index is 1370. The van der Waals surface area contributed by atoms with Gasteiger partial charge in [-0.15, -0.1) is 0 Å². The first-order chi connectivity index (χ1) is 19.4. The smallest absolute Gasteiger partial charge is 0.251 e. The molecule has 1 aromatic heterocycles. The lowest BCUT2D eigenvalue weighted by Gasteiger charge is -2.21. The maximum Gasteiger partial charge on any atom is 0.251 e. The summed E-state index contributed by atoms with van der Waals surface area (Å²) in [6.07, 6.45) is 2.54. The average molecular weight is 582 g/mol. The number of hydrogen-bond acceptors (Lipinski definition) is 5. The first-order valence-corrected chi connectivity index (χ1v) is 14.2. The topological polar surface area (TPSA) is 106 Å². The average Bonchev–Trinajstić information content (AvgIpc) is 3.34. The molecule has 0 spiro atoms. The molecule has 2 atom stereocenters. The first kappa shape index (κ1) is 31.7. The van der Waals surface area contributed by atoms with Crippen molar-refractivity contribution in [3.05, 3.63) is 70.6 Å². The summed E-state index contributed by atoms with van der Waals surface area (Å²) in [7, 11) is 3.39. The number of hydrogen-bond donors (Lipinski definition) is 2. The Labute approximate surface area is 247 Å². The molecule has 0 aliphatic heterocycles. The minimum atomic E-state index is -0.432. The third kappa shape index (κ3) is 8.82. The molecule has 9 nitrogen and oxygen atoms in total. The predicted octanol–water partition coefficient (Wildman–Crippen LogP) is 5.03. The Morgan fingerprint density at radius 1 is 1.05 bits per heavy atom. The molecule has 0 aliphatic carbocycles. The normalized spacial score (nSPS) is 12.5. The molecule has 41 heavy (non-hydrogen) atoms. The van der Waals surface area contributed by atoms with Crippen molar-refractivity contribution in [2.75, 3.05) is 14.1 Å². The third-order valence-electron chi connectivity index (χ3n) is 6.50. The maximum absolute atomic E-state index is 13.1. The van der Waals surface area contributed by atoms with Crippen LogP contribution in [0.15, 0.2) is 48.7 Å². The minimum absolute atomic E-state index is 0.0447. The summed E-state index contributed by atoms with van der Waals surface area (Å²) in [4.78, 5) is 43.5. The van der Waals surface area contributed by atoms with Gasteiger partial charge in [-0.3, -0.25) is 14.4 Å². The van der Waals surface area contributed by atoms with Crippen LogP contribution in [0.25, 0.3) is 11.3 Å². The Morgan fingerprint density at radius 2 is 1.73 bits per heavy atom. The highest BCUT2D eigenvalue weighted by Gasteiger charge is 2.21. The number of benzene rings is 2. The molecule has 10 heteroatoms. The zero-order valence-corrected chi connectivity index (χ0v) is 25.6. The number of aromatic nitrogens is 2. The van der Waals surface area contributed by atoms with E-state index in [-0.39, 0.29) is 36.3 Å². The van der Waals surface area contributed by atoms with E-state index in [1.165, 1.54) is 11.8 Å². The summed E-state index contributed by atoms with van der Waals surface area (Å²) < 4.78 is 7.69. The van der Waals surface area contributed by atoms with Gasteiger partial charge in [-0.25, -0.2) is 4.98 Å². The summed E-state index contributed by atoms with van der Waals surface area (Å²) in [5.74, 6) is 0.788. The highest BCUT2D eigenvalue weighted by Crippen LogP contribution is 2.27. The summed E-state index contributed by atoms with van der Waals surface area (Å²) in [5, 5.41) is 6.25. The number of carbonyl (C=O) groups is 3. The summed E-state index contributed by atoms with van der Waals surface area (Å²) >= 11 is 6.34. The van der Waals surface area contributed by atoms with Crippen LogP contribution < -0.4 is 15.4 Å². The monoisotopic (exact) mass is 581 g/mol. The SMILES string of the molecule is CCn1cc(-c2ccc(C[C@@H](CC(=O)N(C)C)NC(=O)c3ccc(OC(C)C)c(Cl)c3)cc2)nc1[C@@H](C)NC(C)=O. The zero-order chi connectivity index (χ0) is 30.3. The zero-order valence-electron chi connectivity index (χ0n) is 24.8. The molecule has 0 aliphatic rings. The number of amides is 3. The number of imidazole rings is 1. The van der Waals surface area contributed by atoms with Crippen molar-refractivity contribution in [2.24, 2.45) is 0 Å². The molecule has 0 bridgehead atoms. The fourth-order valence-electron chi connectivity index (χ4n) is 4.46. The van der Waals surface area contributed by atoms with E-state index in [0.717, 1.165) is 29.2 Å². The molecule has 220 valence electrons. The Hall–Kier alpha value is -3.85. The number of nitrogens with one attached hydrogen (secondary N) is 2. The van der Waals surface area contributed by atoms with Gasteiger partial charge in [-0.2, -0.15) is 0 Å². The van der Waals surface area contributed by atoms with Crippen molar-refractivity contribution >= 4 is 29.3 Å². The van der Waals surface area contributed by atoms with Gasteiger partial charge in [0.15, 0.2) is 0 Å². The molecule has 0 fully saturated rings. The highest BCUT2D eigenvalue weighted by atomic mass is 35.5. The van der Waals surface area contributed by atoms with Gasteiger partial charge in [0.1, 0.15) is 11.6 Å². The van der Waals surface area contributed by atoms with Gasteiger partial charge in [-0.05, 0) is 57.9 Å². The van der Waals surface area contributed by atoms with Crippen LogP contribution >= 0.6 is 11.6 Å². The van der Waals surface area contributed by atoms with Crippen LogP contribution in [-0.4, -0.2) is 58.4 Å². The molecule has 3 rings (SSSR count). The second-order valence-corrected chi connectivity index (χ2v) is 11.0. The summed E-state index contributed by atoms with van der Waals surface area (Å²) in [6.45, 7) is 9.96. The molecule has 2 N–H and O–H groups in total. The molecule has 1 heterocycles. The van der Waals surface area contributed by atoms with Crippen molar-refractivity contribution in [2.45, 2.75) is 72.2 Å². The van der Waals surface area contributed by atoms with E-state index in [2.05, 4.69) is 10.6 Å². The van der Waals surface area contributed by atoms with Gasteiger partial charge in [0.25, 0.3) is 5.91 Å². The van der Waals surface area contributed by atoms with Crippen LogP contribution in [0, 0.1) is 0 Å². The molecular formula is C31H40ClN5O4. The lowest BCUT2D eigenvalue weighted by molar-refractivity contribution is -0.129. The highest BCUT2D eigenvalue weighted by molar-refractivity contribution is 6.32. The standard InChI is InChI=1S/C31H40ClN5O4/c1-8-37-18-27(35-30(37)20(4)33-21(5)38)23-11-9-22(10-12-23)15-25(17-29(39)36(6)7)34-31(40)24-13-14-28(26(32)16-24)41-19(2)3/h9-14,16,18-20,25H,8,15,17H2,1-7H3,(H,33,38)(H,34,40)/t20-,25+/m1/s1. The maximum atomic E-state index is 13.1. The summed E-state index contributed by atoms with van der Waals surface area (Å²) in [5.41, 5.74) is 3.09. The molecule has 0 unspecified atom stereocenters. The molecule has 2 aromatic carbocycles. The number of nitrogens with zero attached hydrogens (tertiary/aromatic N) is 3. The lowest BCUT2D eigenvalue weighted by atomic mass is 10.00.